The molecule has 0 bridgehead atoms. The van der Waals surface area contributed by atoms with Crippen molar-refractivity contribution in [2.45, 2.75) is 24.7 Å². The van der Waals surface area contributed by atoms with Crippen LogP contribution in [-0.4, -0.2) is 45.4 Å². The van der Waals surface area contributed by atoms with E-state index in [1.807, 2.05) is 0 Å². The highest BCUT2D eigenvalue weighted by Gasteiger charge is 2.43. The average molecular weight is 540 g/mol. The highest BCUT2D eigenvalue weighted by molar-refractivity contribution is 5.73. The number of alkyl halides is 3. The molecule has 0 aliphatic heterocycles. The van der Waals surface area contributed by atoms with Crippen LogP contribution < -0.4 is 20.9 Å². The molecule has 0 aliphatic carbocycles. The lowest BCUT2D eigenvalue weighted by Crippen LogP contribution is -2.32. The third kappa shape index (κ3) is 6.79. The van der Waals surface area contributed by atoms with Gasteiger partial charge in [-0.3, -0.25) is 4.79 Å². The highest BCUT2D eigenvalue weighted by Crippen LogP contribution is 2.38. The minimum Gasteiger partial charge on any atom is -0.481 e. The summed E-state index contributed by atoms with van der Waals surface area (Å²) in [5.74, 6) is -1.39. The van der Waals surface area contributed by atoms with Crippen molar-refractivity contribution in [3.63, 3.8) is 0 Å². The van der Waals surface area contributed by atoms with Gasteiger partial charge < -0.3 is 26.0 Å². The van der Waals surface area contributed by atoms with Crippen molar-refractivity contribution in [2.75, 3.05) is 12.8 Å². The summed E-state index contributed by atoms with van der Waals surface area (Å²) >= 11 is 0. The Morgan fingerprint density at radius 2 is 1.56 bits per heavy atom. The SMILES string of the molecule is COc1cccc(-c2ccc(C(Oc3cc(-c4ccc(C[C@H](N)C(=O)O)cc4)nc(N)n3)C(F)(F)F)cc2)n1. The van der Waals surface area contributed by atoms with Gasteiger partial charge in [0, 0.05) is 28.8 Å². The minimum atomic E-state index is -4.76. The van der Waals surface area contributed by atoms with Crippen LogP contribution in [0, 0.1) is 0 Å². The number of aromatic nitrogens is 3. The van der Waals surface area contributed by atoms with Gasteiger partial charge in [0.05, 0.1) is 18.5 Å². The molecule has 0 saturated heterocycles. The number of carbonyl (C=O) groups is 1. The van der Waals surface area contributed by atoms with Crippen LogP contribution in [0.3, 0.4) is 0 Å². The maximum atomic E-state index is 14.1. The predicted octanol–water partition coefficient (Wildman–Crippen LogP) is 4.43. The Hall–Kier alpha value is -4.71. The summed E-state index contributed by atoms with van der Waals surface area (Å²) in [5, 5.41) is 8.98. The highest BCUT2D eigenvalue weighted by atomic mass is 19.4. The molecule has 2 aromatic carbocycles. The number of aliphatic carboxylic acids is 1. The fourth-order valence-corrected chi connectivity index (χ4v) is 3.77. The molecule has 0 radical (unpaired) electrons. The van der Waals surface area contributed by atoms with Crippen molar-refractivity contribution in [1.82, 2.24) is 15.0 Å². The van der Waals surface area contributed by atoms with E-state index in [9.17, 15) is 18.0 Å². The lowest BCUT2D eigenvalue weighted by atomic mass is 10.0. The molecule has 1 unspecified atom stereocenters. The van der Waals surface area contributed by atoms with Gasteiger partial charge in [0.2, 0.25) is 23.8 Å². The van der Waals surface area contributed by atoms with Crippen LogP contribution in [0.2, 0.25) is 0 Å². The lowest BCUT2D eigenvalue weighted by Gasteiger charge is -2.22. The van der Waals surface area contributed by atoms with Crippen molar-refractivity contribution < 1.29 is 32.5 Å². The second-order valence-electron chi connectivity index (χ2n) is 8.52. The standard InChI is InChI=1S/C27H24F3N5O4/c1-38-22-4-2-3-20(33-22)16-9-11-18(12-10-16)24(27(28,29)30)39-23-14-21(34-26(32)35-23)17-7-5-15(6-8-17)13-19(31)25(36)37/h2-12,14,19,24H,13,31H2,1H3,(H,36,37)(H2,32,34,35)/t19-,24?/m0/s1. The average Bonchev–Trinajstić information content (AvgIpc) is 2.91. The van der Waals surface area contributed by atoms with Crippen LogP contribution in [0.5, 0.6) is 11.8 Å². The third-order valence-corrected chi connectivity index (χ3v) is 5.72. The van der Waals surface area contributed by atoms with Crippen LogP contribution in [-0.2, 0) is 11.2 Å². The van der Waals surface area contributed by atoms with E-state index in [4.69, 9.17) is 26.0 Å². The van der Waals surface area contributed by atoms with Gasteiger partial charge in [0.25, 0.3) is 0 Å². The number of hydrogen-bond acceptors (Lipinski definition) is 8. The first-order chi connectivity index (χ1) is 18.5. The zero-order chi connectivity index (χ0) is 28.2. The quantitative estimate of drug-likeness (QED) is 0.281. The van der Waals surface area contributed by atoms with Crippen LogP contribution in [0.1, 0.15) is 17.2 Å². The van der Waals surface area contributed by atoms with E-state index < -0.39 is 24.3 Å². The molecule has 0 saturated carbocycles. The fraction of sp³-hybridized carbons (Fsp3) is 0.185. The number of nitrogens with zero attached hydrogens (tertiary/aromatic N) is 3. The zero-order valence-electron chi connectivity index (χ0n) is 20.6. The van der Waals surface area contributed by atoms with Crippen molar-refractivity contribution in [1.29, 1.82) is 0 Å². The molecule has 2 atom stereocenters. The molecule has 2 aromatic heterocycles. The topological polar surface area (TPSA) is 146 Å². The van der Waals surface area contributed by atoms with Gasteiger partial charge in [-0.2, -0.15) is 18.2 Å². The summed E-state index contributed by atoms with van der Waals surface area (Å²) in [5.41, 5.74) is 13.7. The van der Waals surface area contributed by atoms with Crippen molar-refractivity contribution >= 4 is 11.9 Å². The molecule has 0 amide bonds. The smallest absolute Gasteiger partial charge is 0.429 e. The molecule has 4 rings (SSSR count). The molecular weight excluding hydrogens is 515 g/mol. The van der Waals surface area contributed by atoms with Crippen molar-refractivity contribution in [3.8, 4) is 34.3 Å². The first kappa shape index (κ1) is 27.3. The number of rotatable bonds is 9. The van der Waals surface area contributed by atoms with Gasteiger partial charge in [-0.25, -0.2) is 9.97 Å². The van der Waals surface area contributed by atoms with Gasteiger partial charge in [0.1, 0.15) is 6.04 Å². The summed E-state index contributed by atoms with van der Waals surface area (Å²) in [7, 11) is 1.47. The number of methoxy groups -OCH3 is 1. The molecule has 12 heteroatoms. The summed E-state index contributed by atoms with van der Waals surface area (Å²) < 4.78 is 52.6. The number of benzene rings is 2. The first-order valence-electron chi connectivity index (χ1n) is 11.6. The largest absolute Gasteiger partial charge is 0.481 e. The number of hydrogen-bond donors (Lipinski definition) is 3. The Morgan fingerprint density at radius 1 is 0.923 bits per heavy atom. The minimum absolute atomic E-state index is 0.107. The molecule has 9 nitrogen and oxygen atoms in total. The van der Waals surface area contributed by atoms with E-state index in [0.717, 1.165) is 0 Å². The van der Waals surface area contributed by atoms with Gasteiger partial charge in [0.15, 0.2) is 0 Å². The summed E-state index contributed by atoms with van der Waals surface area (Å²) in [4.78, 5) is 23.2. The Balaban J connectivity index is 1.58. The van der Waals surface area contributed by atoms with Gasteiger partial charge >= 0.3 is 12.1 Å². The maximum Gasteiger partial charge on any atom is 0.429 e. The molecule has 0 spiro atoms. The maximum absolute atomic E-state index is 14.1. The van der Waals surface area contributed by atoms with Crippen LogP contribution >= 0.6 is 0 Å². The van der Waals surface area contributed by atoms with Gasteiger partial charge in [-0.05, 0) is 18.1 Å². The van der Waals surface area contributed by atoms with E-state index in [1.54, 1.807) is 42.5 Å². The summed E-state index contributed by atoms with van der Waals surface area (Å²) in [6.07, 6.45) is -6.98. The van der Waals surface area contributed by atoms with Crippen LogP contribution in [0.25, 0.3) is 22.5 Å². The number of anilines is 1. The predicted molar refractivity (Wildman–Crippen MR) is 137 cm³/mol. The van der Waals surface area contributed by atoms with Gasteiger partial charge in [-0.1, -0.05) is 54.6 Å². The van der Waals surface area contributed by atoms with E-state index in [0.29, 0.717) is 28.3 Å². The second-order valence-corrected chi connectivity index (χ2v) is 8.52. The molecule has 202 valence electrons. The molecule has 0 fully saturated rings. The van der Waals surface area contributed by atoms with E-state index >= 15 is 0 Å². The van der Waals surface area contributed by atoms with Crippen molar-refractivity contribution in [3.05, 3.63) is 83.9 Å². The van der Waals surface area contributed by atoms with Crippen LogP contribution in [0.4, 0.5) is 19.1 Å². The normalized spacial score (nSPS) is 12.9. The third-order valence-electron chi connectivity index (χ3n) is 5.72. The summed E-state index contributed by atoms with van der Waals surface area (Å²) in [6.45, 7) is 0. The lowest BCUT2D eigenvalue weighted by molar-refractivity contribution is -0.198. The Morgan fingerprint density at radius 3 is 2.18 bits per heavy atom. The summed E-state index contributed by atoms with van der Waals surface area (Å²) in [6, 6.07) is 17.5. The van der Waals surface area contributed by atoms with Crippen LogP contribution in [0.15, 0.2) is 72.8 Å². The fourth-order valence-electron chi connectivity index (χ4n) is 3.77. The molecular formula is C27H24F3N5O4. The number of nitrogens with two attached hydrogens (primary N) is 2. The van der Waals surface area contributed by atoms with E-state index in [2.05, 4.69) is 15.0 Å². The molecule has 5 N–H and O–H groups in total. The Kier molecular flexibility index (Phi) is 7.96. The molecule has 2 heterocycles. The molecule has 4 aromatic rings. The van der Waals surface area contributed by atoms with Crippen molar-refractivity contribution in [2.24, 2.45) is 5.73 Å². The number of carboxylic acids is 1. The Bertz CT molecular complexity index is 1450. The number of pyridine rings is 1. The van der Waals surface area contributed by atoms with Gasteiger partial charge in [-0.15, -0.1) is 0 Å². The Labute approximate surface area is 221 Å². The molecule has 0 aliphatic rings. The number of nitrogen functional groups attached to an aromatic ring is 1. The van der Waals surface area contributed by atoms with E-state index in [-0.39, 0.29) is 29.5 Å². The first-order valence-corrected chi connectivity index (χ1v) is 11.6. The number of halogens is 3. The van der Waals surface area contributed by atoms with E-state index in [1.165, 1.54) is 37.4 Å². The number of ether oxygens (including phenoxy) is 2. The number of carboxylic acid groups (broad SMARTS) is 1. The zero-order valence-corrected chi connectivity index (χ0v) is 20.6. The second kappa shape index (κ2) is 11.4. The molecule has 39 heavy (non-hydrogen) atoms. The monoisotopic (exact) mass is 539 g/mol.